The highest BCUT2D eigenvalue weighted by molar-refractivity contribution is 9.11. The van der Waals surface area contributed by atoms with Crippen molar-refractivity contribution in [2.24, 2.45) is 0 Å². The highest BCUT2D eigenvalue weighted by Gasteiger charge is 2.19. The van der Waals surface area contributed by atoms with Gasteiger partial charge in [0.05, 0.1) is 6.04 Å². The Morgan fingerprint density at radius 3 is 2.51 bits per heavy atom. The van der Waals surface area contributed by atoms with Crippen LogP contribution in [0.2, 0.25) is 0 Å². The summed E-state index contributed by atoms with van der Waals surface area (Å²) in [7, 11) is 3.44. The van der Waals surface area contributed by atoms with Crippen molar-refractivity contribution in [3.63, 3.8) is 0 Å². The van der Waals surface area contributed by atoms with E-state index in [9.17, 15) is 14.4 Å². The number of nitrogens with one attached hydrogen (secondary N) is 1. The first-order valence-corrected chi connectivity index (χ1v) is 15.2. The number of hydrogen-bond donors (Lipinski definition) is 1. The Morgan fingerprint density at radius 1 is 1.14 bits per heavy atom. The molecule has 1 aliphatic heterocycles. The molecule has 9 heteroatoms. The minimum absolute atomic E-state index is 0.0940. The van der Waals surface area contributed by atoms with E-state index in [0.717, 1.165) is 57.4 Å². The normalized spacial score (nSPS) is 14.9. The molecule has 1 atom stereocenters. The van der Waals surface area contributed by atoms with Crippen LogP contribution in [0.25, 0.3) is 0 Å². The summed E-state index contributed by atoms with van der Waals surface area (Å²) in [5.74, 6) is 0.638. The average molecular weight is 653 g/mol. The summed E-state index contributed by atoms with van der Waals surface area (Å²) in [6.07, 6.45) is 6.31. The maximum absolute atomic E-state index is 11.9. The minimum Gasteiger partial charge on any atom is -0.359 e. The number of piperidine rings is 1. The lowest BCUT2D eigenvalue weighted by Gasteiger charge is -2.27. The maximum atomic E-state index is 11.9. The zero-order valence-electron chi connectivity index (χ0n) is 21.5. The predicted molar refractivity (Wildman–Crippen MR) is 157 cm³/mol. The molecule has 2 aromatic carbocycles. The number of carbonyl (C=O) groups excluding carboxylic acids is 3. The highest BCUT2D eigenvalue weighted by atomic mass is 79.9. The third-order valence-corrected chi connectivity index (χ3v) is 9.44. The molecule has 1 aliphatic rings. The van der Waals surface area contributed by atoms with E-state index in [-0.39, 0.29) is 12.3 Å². The second-order valence-electron chi connectivity index (χ2n) is 9.43. The predicted octanol–water partition coefficient (Wildman–Crippen LogP) is 5.83. The maximum Gasteiger partial charge on any atom is 0.219 e. The van der Waals surface area contributed by atoms with Gasteiger partial charge in [-0.15, -0.1) is 11.8 Å². The van der Waals surface area contributed by atoms with Gasteiger partial charge in [-0.3, -0.25) is 19.4 Å². The van der Waals surface area contributed by atoms with E-state index in [1.165, 1.54) is 30.4 Å². The van der Waals surface area contributed by atoms with Crippen LogP contribution in [0.1, 0.15) is 59.2 Å². The van der Waals surface area contributed by atoms with Gasteiger partial charge in [0.15, 0.2) is 0 Å². The largest absolute Gasteiger partial charge is 0.359 e. The van der Waals surface area contributed by atoms with Gasteiger partial charge < -0.3 is 10.1 Å². The van der Waals surface area contributed by atoms with E-state index < -0.39 is 6.04 Å². The lowest BCUT2D eigenvalue weighted by Crippen LogP contribution is -2.34. The highest BCUT2D eigenvalue weighted by Crippen LogP contribution is 2.34. The summed E-state index contributed by atoms with van der Waals surface area (Å²) >= 11 is 9.25. The third kappa shape index (κ3) is 8.75. The molecule has 0 aromatic heterocycles. The fourth-order valence-electron chi connectivity index (χ4n) is 4.54. The van der Waals surface area contributed by atoms with Gasteiger partial charge in [-0.2, -0.15) is 0 Å². The van der Waals surface area contributed by atoms with Crippen LogP contribution in [0.15, 0.2) is 44.2 Å². The standard InChI is InChI=1S/C28H35Br2N3O3S/c1-31-28(36)10-9-23(18-35)32(2)16-24-20(17-34)7-6-8-27(24)37-19-22-14-25(29)21(13-26(22)30)15-33-11-4-3-5-12-33/h6-8,13-14,17-18,23H,3-5,9-12,15-16,19H2,1-2H3,(H,31,36). The van der Waals surface area contributed by atoms with Gasteiger partial charge >= 0.3 is 0 Å². The van der Waals surface area contributed by atoms with Gasteiger partial charge in [0, 0.05) is 51.7 Å². The topological polar surface area (TPSA) is 69.7 Å². The van der Waals surface area contributed by atoms with E-state index >= 15 is 0 Å². The molecule has 1 N–H and O–H groups in total. The first-order chi connectivity index (χ1) is 17.9. The van der Waals surface area contributed by atoms with Crippen molar-refractivity contribution in [2.75, 3.05) is 27.2 Å². The van der Waals surface area contributed by atoms with E-state index in [2.05, 4.69) is 54.2 Å². The molecule has 0 aliphatic carbocycles. The molecule has 0 bridgehead atoms. The van der Waals surface area contributed by atoms with Crippen LogP contribution in [-0.2, 0) is 28.4 Å². The molecule has 6 nitrogen and oxygen atoms in total. The molecule has 37 heavy (non-hydrogen) atoms. The molecular weight excluding hydrogens is 618 g/mol. The van der Waals surface area contributed by atoms with Crippen molar-refractivity contribution in [3.05, 3.63) is 61.5 Å². The third-order valence-electron chi connectivity index (χ3n) is 6.81. The molecule has 0 radical (unpaired) electrons. The van der Waals surface area contributed by atoms with Crippen molar-refractivity contribution >= 4 is 62.1 Å². The smallest absolute Gasteiger partial charge is 0.219 e. The molecular formula is C28H35Br2N3O3S. The Kier molecular flexibility index (Phi) is 12.3. The Balaban J connectivity index is 1.72. The number of thioether (sulfide) groups is 1. The number of halogens is 2. The van der Waals surface area contributed by atoms with Crippen LogP contribution in [-0.4, -0.2) is 61.5 Å². The van der Waals surface area contributed by atoms with E-state index in [0.29, 0.717) is 18.5 Å². The fourth-order valence-corrected chi connectivity index (χ4v) is 6.85. The zero-order valence-corrected chi connectivity index (χ0v) is 25.5. The summed E-state index contributed by atoms with van der Waals surface area (Å²) in [5, 5.41) is 2.59. The Morgan fingerprint density at radius 2 is 1.84 bits per heavy atom. The van der Waals surface area contributed by atoms with Gasteiger partial charge in [-0.05, 0) is 74.3 Å². The number of rotatable bonds is 13. The van der Waals surface area contributed by atoms with Crippen LogP contribution in [0, 0.1) is 0 Å². The number of hydrogen-bond acceptors (Lipinski definition) is 6. The number of likely N-dealkylation sites (tertiary alicyclic amines) is 1. The monoisotopic (exact) mass is 651 g/mol. The molecule has 1 heterocycles. The second-order valence-corrected chi connectivity index (χ2v) is 12.2. The summed E-state index contributed by atoms with van der Waals surface area (Å²) in [5.41, 5.74) is 3.97. The minimum atomic E-state index is -0.410. The van der Waals surface area contributed by atoms with Gasteiger partial charge in [0.2, 0.25) is 5.91 Å². The zero-order chi connectivity index (χ0) is 26.8. The van der Waals surface area contributed by atoms with Crippen molar-refractivity contribution in [1.82, 2.24) is 15.1 Å². The van der Waals surface area contributed by atoms with Crippen LogP contribution in [0.4, 0.5) is 0 Å². The first-order valence-electron chi connectivity index (χ1n) is 12.6. The number of aldehydes is 2. The second kappa shape index (κ2) is 15.2. The lowest BCUT2D eigenvalue weighted by molar-refractivity contribution is -0.121. The van der Waals surface area contributed by atoms with Crippen LogP contribution < -0.4 is 5.32 Å². The van der Waals surface area contributed by atoms with E-state index in [1.807, 2.05) is 30.1 Å². The van der Waals surface area contributed by atoms with Crippen LogP contribution in [0.5, 0.6) is 0 Å². The number of amides is 1. The number of likely N-dealkylation sites (N-methyl/N-ethyl adjacent to an activating group) is 1. The average Bonchev–Trinajstić information content (AvgIpc) is 2.91. The molecule has 1 saturated heterocycles. The molecule has 0 saturated carbocycles. The Hall–Kier alpha value is -1.52. The number of nitrogens with zero attached hydrogens (tertiary/aromatic N) is 2. The SMILES string of the molecule is CNC(=O)CCC(C=O)N(C)Cc1c(C=O)cccc1SCc1cc(Br)c(CN2CCCCC2)cc1Br. The Bertz CT molecular complexity index is 1090. The number of carbonyl (C=O) groups is 3. The van der Waals surface area contributed by atoms with Crippen molar-refractivity contribution in [3.8, 4) is 0 Å². The summed E-state index contributed by atoms with van der Waals surface area (Å²) < 4.78 is 2.19. The molecule has 3 rings (SSSR count). The van der Waals surface area contributed by atoms with E-state index in [4.69, 9.17) is 0 Å². The van der Waals surface area contributed by atoms with Gasteiger partial charge in [-0.25, -0.2) is 0 Å². The van der Waals surface area contributed by atoms with Crippen LogP contribution >= 0.6 is 43.6 Å². The summed E-state index contributed by atoms with van der Waals surface area (Å²) in [6, 6.07) is 9.72. The summed E-state index contributed by atoms with van der Waals surface area (Å²) in [4.78, 5) is 40.7. The molecule has 1 unspecified atom stereocenters. The molecule has 0 spiro atoms. The fraction of sp³-hybridized carbons (Fsp3) is 0.464. The van der Waals surface area contributed by atoms with Gasteiger partial charge in [0.1, 0.15) is 12.6 Å². The van der Waals surface area contributed by atoms with Gasteiger partial charge in [0.25, 0.3) is 0 Å². The van der Waals surface area contributed by atoms with Crippen molar-refractivity contribution in [2.45, 2.75) is 61.9 Å². The quantitative estimate of drug-likeness (QED) is 0.217. The summed E-state index contributed by atoms with van der Waals surface area (Å²) in [6.45, 7) is 3.70. The van der Waals surface area contributed by atoms with Crippen LogP contribution in [0.3, 0.4) is 0 Å². The van der Waals surface area contributed by atoms with Crippen molar-refractivity contribution < 1.29 is 14.4 Å². The first kappa shape index (κ1) is 30.0. The number of benzene rings is 2. The van der Waals surface area contributed by atoms with Crippen molar-refractivity contribution in [1.29, 1.82) is 0 Å². The molecule has 1 fully saturated rings. The van der Waals surface area contributed by atoms with E-state index in [1.54, 1.807) is 18.8 Å². The molecule has 1 amide bonds. The lowest BCUT2D eigenvalue weighted by atomic mass is 10.1. The molecule has 2 aromatic rings. The molecule has 200 valence electrons. The Labute approximate surface area is 241 Å². The van der Waals surface area contributed by atoms with Gasteiger partial charge in [-0.1, -0.05) is 50.4 Å².